The highest BCUT2D eigenvalue weighted by Crippen LogP contribution is 2.42. The lowest BCUT2D eigenvalue weighted by atomic mass is 9.89. The van der Waals surface area contributed by atoms with Crippen LogP contribution >= 0.6 is 11.6 Å². The first-order chi connectivity index (χ1) is 15.4. The highest BCUT2D eigenvalue weighted by Gasteiger charge is 2.38. The van der Waals surface area contributed by atoms with Gasteiger partial charge in [0.25, 0.3) is 5.91 Å². The topological polar surface area (TPSA) is 49.9 Å². The zero-order valence-electron chi connectivity index (χ0n) is 18.3. The van der Waals surface area contributed by atoms with Crippen LogP contribution in [0.2, 0.25) is 5.02 Å². The van der Waals surface area contributed by atoms with E-state index in [1.165, 1.54) is 0 Å². The van der Waals surface area contributed by atoms with Gasteiger partial charge in [0.15, 0.2) is 0 Å². The largest absolute Gasteiger partial charge is 0.497 e. The number of methoxy groups -OCH3 is 1. The molecule has 0 saturated carbocycles. The summed E-state index contributed by atoms with van der Waals surface area (Å²) in [5.41, 5.74) is 3.13. The first kappa shape index (κ1) is 21.9. The van der Waals surface area contributed by atoms with Crippen LogP contribution < -0.4 is 14.5 Å². The molecule has 4 rings (SSSR count). The van der Waals surface area contributed by atoms with Crippen LogP contribution in [0, 0.1) is 0 Å². The average molecular weight is 449 g/mol. The van der Waals surface area contributed by atoms with Gasteiger partial charge in [-0.3, -0.25) is 9.59 Å². The molecule has 164 valence electrons. The van der Waals surface area contributed by atoms with E-state index < -0.39 is 0 Å². The van der Waals surface area contributed by atoms with E-state index in [1.54, 1.807) is 55.3 Å². The molecule has 0 aromatic heterocycles. The van der Waals surface area contributed by atoms with Crippen molar-refractivity contribution in [2.75, 3.05) is 16.9 Å². The summed E-state index contributed by atoms with van der Waals surface area (Å²) >= 11 is 6.06. The predicted molar refractivity (Wildman–Crippen MR) is 128 cm³/mol. The SMILES string of the molecule is COc1ccc(C(=O)N2c3ccccc3[C@@H](N(C(C)=O)c3ccc(Cl)cc3)CC2C)cc1. The lowest BCUT2D eigenvalue weighted by molar-refractivity contribution is -0.117. The Balaban J connectivity index is 1.75. The van der Waals surface area contributed by atoms with Gasteiger partial charge in [0.1, 0.15) is 5.75 Å². The minimum atomic E-state index is -0.195. The predicted octanol–water partition coefficient (Wildman–Crippen LogP) is 5.88. The molecule has 32 heavy (non-hydrogen) atoms. The second-order valence-electron chi connectivity index (χ2n) is 7.93. The van der Waals surface area contributed by atoms with Crippen LogP contribution in [0.4, 0.5) is 11.4 Å². The molecule has 1 heterocycles. The fraction of sp³-hybridized carbons (Fsp3) is 0.231. The number of hydrogen-bond acceptors (Lipinski definition) is 3. The Bertz CT molecular complexity index is 1130. The molecule has 1 unspecified atom stereocenters. The van der Waals surface area contributed by atoms with Crippen molar-refractivity contribution in [3.8, 4) is 5.75 Å². The molecule has 0 bridgehead atoms. The summed E-state index contributed by atoms with van der Waals surface area (Å²) in [5, 5.41) is 0.617. The van der Waals surface area contributed by atoms with Crippen molar-refractivity contribution in [3.63, 3.8) is 0 Å². The number of carbonyl (C=O) groups is 2. The van der Waals surface area contributed by atoms with Crippen molar-refractivity contribution in [1.82, 2.24) is 0 Å². The van der Waals surface area contributed by atoms with Crippen molar-refractivity contribution in [2.24, 2.45) is 0 Å². The molecule has 2 atom stereocenters. The third kappa shape index (κ3) is 4.08. The number of halogens is 1. The molecule has 0 spiro atoms. The van der Waals surface area contributed by atoms with Crippen LogP contribution in [0.25, 0.3) is 0 Å². The number of amides is 2. The maximum atomic E-state index is 13.5. The lowest BCUT2D eigenvalue weighted by Crippen LogP contribution is -2.47. The van der Waals surface area contributed by atoms with Crippen LogP contribution in [0.1, 0.15) is 42.2 Å². The Morgan fingerprint density at radius 2 is 1.66 bits per heavy atom. The quantitative estimate of drug-likeness (QED) is 0.500. The second-order valence-corrected chi connectivity index (χ2v) is 8.36. The Morgan fingerprint density at radius 3 is 2.28 bits per heavy atom. The number of rotatable bonds is 4. The van der Waals surface area contributed by atoms with E-state index >= 15 is 0 Å². The first-order valence-electron chi connectivity index (χ1n) is 10.5. The summed E-state index contributed by atoms with van der Waals surface area (Å²) in [6.45, 7) is 3.58. The molecular weight excluding hydrogens is 424 g/mol. The smallest absolute Gasteiger partial charge is 0.258 e. The fourth-order valence-electron chi connectivity index (χ4n) is 4.39. The maximum absolute atomic E-state index is 13.5. The molecule has 0 radical (unpaired) electrons. The summed E-state index contributed by atoms with van der Waals surface area (Å²) in [6.07, 6.45) is 0.612. The minimum absolute atomic E-state index is 0.0609. The second kappa shape index (κ2) is 9.05. The zero-order chi connectivity index (χ0) is 22.8. The van der Waals surface area contributed by atoms with E-state index in [9.17, 15) is 9.59 Å². The van der Waals surface area contributed by atoms with Gasteiger partial charge in [-0.15, -0.1) is 0 Å². The zero-order valence-corrected chi connectivity index (χ0v) is 19.0. The summed E-state index contributed by atoms with van der Waals surface area (Å²) in [5.74, 6) is 0.565. The maximum Gasteiger partial charge on any atom is 0.258 e. The Morgan fingerprint density at radius 1 is 1.00 bits per heavy atom. The van der Waals surface area contributed by atoms with Crippen LogP contribution in [-0.4, -0.2) is 25.0 Å². The third-order valence-corrected chi connectivity index (χ3v) is 6.12. The van der Waals surface area contributed by atoms with Gasteiger partial charge in [-0.05, 0) is 73.5 Å². The number of hydrogen-bond donors (Lipinski definition) is 0. The monoisotopic (exact) mass is 448 g/mol. The normalized spacial score (nSPS) is 17.4. The van der Waals surface area contributed by atoms with Crippen molar-refractivity contribution < 1.29 is 14.3 Å². The fourth-order valence-corrected chi connectivity index (χ4v) is 4.52. The number of nitrogens with zero attached hydrogens (tertiary/aromatic N) is 2. The van der Waals surface area contributed by atoms with Crippen molar-refractivity contribution in [2.45, 2.75) is 32.4 Å². The summed E-state index contributed by atoms with van der Waals surface area (Å²) in [7, 11) is 1.60. The van der Waals surface area contributed by atoms with Crippen molar-refractivity contribution >= 4 is 34.8 Å². The van der Waals surface area contributed by atoms with Crippen LogP contribution in [0.3, 0.4) is 0 Å². The number of carbonyl (C=O) groups excluding carboxylic acids is 2. The molecule has 0 fully saturated rings. The molecule has 5 nitrogen and oxygen atoms in total. The molecule has 0 N–H and O–H groups in total. The van der Waals surface area contributed by atoms with Gasteiger partial charge in [-0.25, -0.2) is 0 Å². The average Bonchev–Trinajstić information content (AvgIpc) is 2.80. The van der Waals surface area contributed by atoms with Crippen LogP contribution in [0.15, 0.2) is 72.8 Å². The molecule has 0 saturated heterocycles. The van der Waals surface area contributed by atoms with Gasteiger partial charge in [0.2, 0.25) is 5.91 Å². The van der Waals surface area contributed by atoms with Gasteiger partial charge in [-0.1, -0.05) is 29.8 Å². The first-order valence-corrected chi connectivity index (χ1v) is 10.9. The van der Waals surface area contributed by atoms with Crippen molar-refractivity contribution in [1.29, 1.82) is 0 Å². The van der Waals surface area contributed by atoms with Crippen molar-refractivity contribution in [3.05, 3.63) is 88.9 Å². The molecule has 3 aromatic carbocycles. The number of fused-ring (bicyclic) bond motifs is 1. The molecule has 6 heteroatoms. The number of benzene rings is 3. The molecule has 1 aliphatic heterocycles. The lowest BCUT2D eigenvalue weighted by Gasteiger charge is -2.43. The van der Waals surface area contributed by atoms with E-state index in [0.717, 1.165) is 16.9 Å². The summed E-state index contributed by atoms with van der Waals surface area (Å²) in [4.78, 5) is 29.8. The highest BCUT2D eigenvalue weighted by atomic mass is 35.5. The van der Waals surface area contributed by atoms with E-state index in [-0.39, 0.29) is 23.9 Å². The van der Waals surface area contributed by atoms with Crippen LogP contribution in [0.5, 0.6) is 5.75 Å². The molecule has 3 aromatic rings. The molecule has 1 aliphatic rings. The number of para-hydroxylation sites is 1. The molecule has 2 amide bonds. The summed E-state index contributed by atoms with van der Waals surface area (Å²) < 4.78 is 5.21. The van der Waals surface area contributed by atoms with Gasteiger partial charge in [-0.2, -0.15) is 0 Å². The van der Waals surface area contributed by atoms with Gasteiger partial charge in [0.05, 0.1) is 13.2 Å². The Labute approximate surface area is 193 Å². The minimum Gasteiger partial charge on any atom is -0.497 e. The molecular formula is C26H25ClN2O3. The van der Waals surface area contributed by atoms with E-state index in [4.69, 9.17) is 16.3 Å². The van der Waals surface area contributed by atoms with E-state index in [0.29, 0.717) is 22.8 Å². The van der Waals surface area contributed by atoms with E-state index in [1.807, 2.05) is 48.2 Å². The Hall–Kier alpha value is -3.31. The van der Waals surface area contributed by atoms with Gasteiger partial charge in [0, 0.05) is 34.9 Å². The standard InChI is InChI=1S/C26H25ClN2O3/c1-17-16-25(29(18(2)30)21-12-10-20(27)11-13-21)23-6-4-5-7-24(23)28(17)26(31)19-8-14-22(32-3)15-9-19/h4-15,17,25H,16H2,1-3H3/t17?,25-/m0/s1. The van der Waals surface area contributed by atoms with Gasteiger partial charge >= 0.3 is 0 Å². The number of ether oxygens (including phenoxy) is 1. The Kier molecular flexibility index (Phi) is 6.19. The highest BCUT2D eigenvalue weighted by molar-refractivity contribution is 6.30. The number of anilines is 2. The van der Waals surface area contributed by atoms with Gasteiger partial charge < -0.3 is 14.5 Å². The summed E-state index contributed by atoms with van der Waals surface area (Å²) in [6, 6.07) is 21.9. The van der Waals surface area contributed by atoms with E-state index in [2.05, 4.69) is 0 Å². The van der Waals surface area contributed by atoms with Crippen LogP contribution in [-0.2, 0) is 4.79 Å². The third-order valence-electron chi connectivity index (χ3n) is 5.87. The molecule has 0 aliphatic carbocycles.